The minimum atomic E-state index is -5.27. The lowest BCUT2D eigenvalue weighted by atomic mass is 10.0. The molecule has 1 aromatic rings. The highest BCUT2D eigenvalue weighted by Gasteiger charge is 2.50. The third-order valence-corrected chi connectivity index (χ3v) is 6.70. The van der Waals surface area contributed by atoms with Gasteiger partial charge in [-0.1, -0.05) is 32.0 Å². The molecule has 0 aliphatic carbocycles. The van der Waals surface area contributed by atoms with Crippen molar-refractivity contribution < 1.29 is 21.6 Å². The van der Waals surface area contributed by atoms with Gasteiger partial charge in [-0.2, -0.15) is 17.5 Å². The maximum atomic E-state index is 12.7. The van der Waals surface area contributed by atoms with Gasteiger partial charge in [0.25, 0.3) is 0 Å². The largest absolute Gasteiger partial charge is 0.511 e. The van der Waals surface area contributed by atoms with Crippen molar-refractivity contribution in [2.45, 2.75) is 44.3 Å². The fraction of sp³-hybridized carbons (Fsp3) is 0.632. The summed E-state index contributed by atoms with van der Waals surface area (Å²) in [5.41, 5.74) is -4.25. The van der Waals surface area contributed by atoms with Gasteiger partial charge in [0.2, 0.25) is 0 Å². The van der Waals surface area contributed by atoms with Gasteiger partial charge in [-0.3, -0.25) is 4.99 Å². The predicted molar refractivity (Wildman–Crippen MR) is 113 cm³/mol. The standard InChI is InChI=1S/C19H30F3N5O2S/c1-14(2)17(25-15-7-5-4-6-8-15)13-24-18(23-3)26-16-9-11-27(12-10-16)30(28,29)19(20,21)22/h4-8,14,16-17,25H,9-13H2,1-3H3,(H2,23,24,26). The van der Waals surface area contributed by atoms with Crippen LogP contribution in [0.5, 0.6) is 0 Å². The maximum absolute atomic E-state index is 12.7. The van der Waals surface area contributed by atoms with Crippen molar-refractivity contribution in [3.05, 3.63) is 30.3 Å². The summed E-state index contributed by atoms with van der Waals surface area (Å²) in [5, 5.41) is 9.90. The normalized spacial score (nSPS) is 18.3. The minimum absolute atomic E-state index is 0.129. The first-order chi connectivity index (χ1) is 14.0. The van der Waals surface area contributed by atoms with Crippen molar-refractivity contribution in [1.82, 2.24) is 14.9 Å². The number of piperidine rings is 1. The van der Waals surface area contributed by atoms with Crippen molar-refractivity contribution in [2.75, 3.05) is 32.0 Å². The van der Waals surface area contributed by atoms with Gasteiger partial charge in [0, 0.05) is 44.5 Å². The van der Waals surface area contributed by atoms with Crippen LogP contribution in [0.2, 0.25) is 0 Å². The van der Waals surface area contributed by atoms with Gasteiger partial charge in [0.05, 0.1) is 0 Å². The molecule has 1 atom stereocenters. The highest BCUT2D eigenvalue weighted by atomic mass is 32.2. The Labute approximate surface area is 176 Å². The first kappa shape index (κ1) is 24.3. The predicted octanol–water partition coefficient (Wildman–Crippen LogP) is 2.60. The molecule has 3 N–H and O–H groups in total. The number of anilines is 1. The number of sulfonamides is 1. The summed E-state index contributed by atoms with van der Waals surface area (Å²) in [5.74, 6) is 0.874. The zero-order valence-electron chi connectivity index (χ0n) is 17.4. The molecule has 1 fully saturated rings. The van der Waals surface area contributed by atoms with E-state index < -0.39 is 15.5 Å². The van der Waals surface area contributed by atoms with E-state index in [4.69, 9.17) is 0 Å². The molecule has 0 aromatic heterocycles. The van der Waals surface area contributed by atoms with Crippen molar-refractivity contribution in [3.63, 3.8) is 0 Å². The van der Waals surface area contributed by atoms with Gasteiger partial charge >= 0.3 is 15.5 Å². The van der Waals surface area contributed by atoms with Crippen LogP contribution in [0.4, 0.5) is 18.9 Å². The molecule has 0 radical (unpaired) electrons. The van der Waals surface area contributed by atoms with Crippen molar-refractivity contribution >= 4 is 21.7 Å². The zero-order chi connectivity index (χ0) is 22.4. The number of aliphatic imine (C=N–C) groups is 1. The Bertz CT molecular complexity index is 792. The van der Waals surface area contributed by atoms with Gasteiger partial charge in [-0.05, 0) is 30.9 Å². The third kappa shape index (κ3) is 6.49. The number of hydrogen-bond acceptors (Lipinski definition) is 4. The van der Waals surface area contributed by atoms with E-state index in [0.717, 1.165) is 5.69 Å². The number of guanidine groups is 1. The molecular formula is C19H30F3N5O2S. The van der Waals surface area contributed by atoms with Crippen molar-refractivity contribution in [1.29, 1.82) is 0 Å². The van der Waals surface area contributed by atoms with Crippen LogP contribution < -0.4 is 16.0 Å². The Morgan fingerprint density at radius 2 is 1.80 bits per heavy atom. The smallest absolute Gasteiger partial charge is 0.380 e. The van der Waals surface area contributed by atoms with E-state index in [0.29, 0.717) is 22.7 Å². The number of hydrogen-bond donors (Lipinski definition) is 3. The van der Waals surface area contributed by atoms with E-state index in [-0.39, 0.29) is 38.0 Å². The lowest BCUT2D eigenvalue weighted by molar-refractivity contribution is -0.0494. The molecule has 0 bridgehead atoms. The molecule has 0 amide bonds. The molecule has 1 heterocycles. The molecule has 1 saturated heterocycles. The molecule has 1 aliphatic heterocycles. The fourth-order valence-electron chi connectivity index (χ4n) is 3.18. The topological polar surface area (TPSA) is 85.8 Å². The molecule has 1 aliphatic rings. The van der Waals surface area contributed by atoms with E-state index in [2.05, 4.69) is 34.8 Å². The van der Waals surface area contributed by atoms with Gasteiger partial charge < -0.3 is 16.0 Å². The van der Waals surface area contributed by atoms with Crippen LogP contribution in [0, 0.1) is 5.92 Å². The maximum Gasteiger partial charge on any atom is 0.511 e. The second-order valence-electron chi connectivity index (χ2n) is 7.58. The third-order valence-electron chi connectivity index (χ3n) is 5.07. The Hall–Kier alpha value is -2.01. The van der Waals surface area contributed by atoms with Gasteiger partial charge in [-0.15, -0.1) is 0 Å². The molecule has 1 unspecified atom stereocenters. The Balaban J connectivity index is 1.86. The van der Waals surface area contributed by atoms with Gasteiger partial charge in [0.15, 0.2) is 5.96 Å². The van der Waals surface area contributed by atoms with Crippen LogP contribution in [0.25, 0.3) is 0 Å². The van der Waals surface area contributed by atoms with Crippen molar-refractivity contribution in [2.24, 2.45) is 10.9 Å². The highest BCUT2D eigenvalue weighted by Crippen LogP contribution is 2.28. The average molecular weight is 450 g/mol. The molecule has 0 saturated carbocycles. The number of nitrogens with one attached hydrogen (secondary N) is 3. The number of nitrogens with zero attached hydrogens (tertiary/aromatic N) is 2. The van der Waals surface area contributed by atoms with E-state index in [1.54, 1.807) is 7.05 Å². The first-order valence-electron chi connectivity index (χ1n) is 9.89. The summed E-state index contributed by atoms with van der Waals surface area (Å²) in [6.45, 7) is 4.44. The second kappa shape index (κ2) is 10.3. The van der Waals surface area contributed by atoms with E-state index in [1.807, 2.05) is 30.3 Å². The number of alkyl halides is 3. The lowest BCUT2D eigenvalue weighted by Gasteiger charge is -2.33. The molecule has 7 nitrogen and oxygen atoms in total. The van der Waals surface area contributed by atoms with Crippen LogP contribution in [0.1, 0.15) is 26.7 Å². The van der Waals surface area contributed by atoms with Crippen LogP contribution in [0.3, 0.4) is 0 Å². The molecule has 11 heteroatoms. The van der Waals surface area contributed by atoms with E-state index >= 15 is 0 Å². The van der Waals surface area contributed by atoms with Crippen LogP contribution >= 0.6 is 0 Å². The van der Waals surface area contributed by atoms with Gasteiger partial charge in [0.1, 0.15) is 0 Å². The highest BCUT2D eigenvalue weighted by molar-refractivity contribution is 7.90. The molecular weight excluding hydrogens is 419 g/mol. The Morgan fingerprint density at radius 1 is 1.20 bits per heavy atom. The Morgan fingerprint density at radius 3 is 2.30 bits per heavy atom. The van der Waals surface area contributed by atoms with E-state index in [9.17, 15) is 21.6 Å². The van der Waals surface area contributed by atoms with Crippen LogP contribution in [-0.4, -0.2) is 63.0 Å². The quantitative estimate of drug-likeness (QED) is 0.440. The zero-order valence-corrected chi connectivity index (χ0v) is 18.2. The molecule has 170 valence electrons. The number of rotatable bonds is 7. The summed E-state index contributed by atoms with van der Waals surface area (Å²) in [7, 11) is -3.65. The molecule has 30 heavy (non-hydrogen) atoms. The number of halogens is 3. The summed E-state index contributed by atoms with van der Waals surface area (Å²) < 4.78 is 61.6. The Kier molecular flexibility index (Phi) is 8.36. The SMILES string of the molecule is CN=C(NCC(Nc1ccccc1)C(C)C)NC1CCN(S(=O)(=O)C(F)(F)F)CC1. The number of para-hydroxylation sites is 1. The lowest BCUT2D eigenvalue weighted by Crippen LogP contribution is -2.52. The second-order valence-corrected chi connectivity index (χ2v) is 9.51. The summed E-state index contributed by atoms with van der Waals surface area (Å²) in [6, 6.07) is 9.82. The average Bonchev–Trinajstić information content (AvgIpc) is 2.70. The summed E-state index contributed by atoms with van der Waals surface area (Å²) in [6.07, 6.45) is 0.539. The van der Waals surface area contributed by atoms with Gasteiger partial charge in [-0.25, -0.2) is 8.42 Å². The van der Waals surface area contributed by atoms with Crippen molar-refractivity contribution in [3.8, 4) is 0 Å². The fourth-order valence-corrected chi connectivity index (χ4v) is 4.17. The van der Waals surface area contributed by atoms with E-state index in [1.165, 1.54) is 0 Å². The van der Waals surface area contributed by atoms with Crippen LogP contribution in [-0.2, 0) is 10.0 Å². The molecule has 2 rings (SSSR count). The monoisotopic (exact) mass is 449 g/mol. The first-order valence-corrected chi connectivity index (χ1v) is 11.3. The molecule has 1 aromatic carbocycles. The summed E-state index contributed by atoms with van der Waals surface area (Å²) >= 11 is 0. The minimum Gasteiger partial charge on any atom is -0.380 e. The summed E-state index contributed by atoms with van der Waals surface area (Å²) in [4.78, 5) is 4.18. The number of benzene rings is 1. The molecule has 0 spiro atoms. The van der Waals surface area contributed by atoms with Crippen LogP contribution in [0.15, 0.2) is 35.3 Å².